The van der Waals surface area contributed by atoms with E-state index in [1.807, 2.05) is 7.05 Å². The maximum atomic E-state index is 13.2. The molecule has 0 unspecified atom stereocenters. The summed E-state index contributed by atoms with van der Waals surface area (Å²) in [5.41, 5.74) is 5.57. The lowest BCUT2D eigenvalue weighted by Crippen LogP contribution is -2.44. The lowest BCUT2D eigenvalue weighted by Gasteiger charge is -2.35. The molecular weight excluding hydrogens is 346 g/mol. The number of likely N-dealkylation sites (N-methyl/N-ethyl adjacent to an activating group) is 1. The van der Waals surface area contributed by atoms with Crippen LogP contribution in [0.2, 0.25) is 0 Å². The SMILES string of the molecule is CN1C(=O)[C@@](CCC2CCCCC2)(C[C@@H]2CCC[C@@H](CCC3CC3)C2)N=C1N. The molecule has 0 radical (unpaired) electrons. The Hall–Kier alpha value is -1.06. The minimum Gasteiger partial charge on any atom is -0.369 e. The molecular formula is C24H41N3O. The van der Waals surface area contributed by atoms with Crippen molar-refractivity contribution in [3.63, 3.8) is 0 Å². The van der Waals surface area contributed by atoms with Crippen LogP contribution in [0.3, 0.4) is 0 Å². The third kappa shape index (κ3) is 4.74. The molecule has 1 heterocycles. The van der Waals surface area contributed by atoms with E-state index in [1.54, 1.807) is 4.90 Å². The van der Waals surface area contributed by atoms with Gasteiger partial charge < -0.3 is 5.73 Å². The third-order valence-corrected chi connectivity index (χ3v) is 8.26. The Balaban J connectivity index is 1.39. The van der Waals surface area contributed by atoms with Crippen LogP contribution in [-0.4, -0.2) is 29.4 Å². The number of nitrogens with zero attached hydrogens (tertiary/aromatic N) is 2. The number of amides is 1. The van der Waals surface area contributed by atoms with Crippen molar-refractivity contribution in [1.29, 1.82) is 0 Å². The lowest BCUT2D eigenvalue weighted by molar-refractivity contribution is -0.131. The highest BCUT2D eigenvalue weighted by atomic mass is 16.2. The summed E-state index contributed by atoms with van der Waals surface area (Å²) in [4.78, 5) is 19.7. The zero-order valence-corrected chi connectivity index (χ0v) is 18.0. The average molecular weight is 388 g/mol. The van der Waals surface area contributed by atoms with Gasteiger partial charge in [0.05, 0.1) is 0 Å². The van der Waals surface area contributed by atoms with Gasteiger partial charge in [-0.3, -0.25) is 9.69 Å². The van der Waals surface area contributed by atoms with Gasteiger partial charge in [0.2, 0.25) is 0 Å². The van der Waals surface area contributed by atoms with Gasteiger partial charge in [-0.25, -0.2) is 4.99 Å². The monoisotopic (exact) mass is 387 g/mol. The zero-order valence-electron chi connectivity index (χ0n) is 18.0. The number of aliphatic imine (C=N–C) groups is 1. The van der Waals surface area contributed by atoms with Crippen molar-refractivity contribution in [2.75, 3.05) is 7.05 Å². The number of carbonyl (C=O) groups is 1. The van der Waals surface area contributed by atoms with Crippen LogP contribution in [0.25, 0.3) is 0 Å². The minimum atomic E-state index is -0.556. The highest BCUT2D eigenvalue weighted by Crippen LogP contribution is 2.43. The largest absolute Gasteiger partial charge is 0.369 e. The molecule has 4 nitrogen and oxygen atoms in total. The van der Waals surface area contributed by atoms with Gasteiger partial charge in [-0.05, 0) is 49.4 Å². The Morgan fingerprint density at radius 3 is 2.21 bits per heavy atom. The minimum absolute atomic E-state index is 0.168. The maximum Gasteiger partial charge on any atom is 0.257 e. The van der Waals surface area contributed by atoms with Crippen LogP contribution in [0.4, 0.5) is 0 Å². The highest BCUT2D eigenvalue weighted by Gasteiger charge is 2.48. The van der Waals surface area contributed by atoms with E-state index in [0.717, 1.165) is 37.0 Å². The van der Waals surface area contributed by atoms with Crippen LogP contribution >= 0.6 is 0 Å². The van der Waals surface area contributed by atoms with Gasteiger partial charge in [-0.2, -0.15) is 0 Å². The molecule has 3 saturated carbocycles. The summed E-state index contributed by atoms with van der Waals surface area (Å²) in [6.07, 6.45) is 20.9. The molecule has 158 valence electrons. The van der Waals surface area contributed by atoms with Gasteiger partial charge in [-0.15, -0.1) is 0 Å². The molecule has 28 heavy (non-hydrogen) atoms. The van der Waals surface area contributed by atoms with Crippen molar-refractivity contribution >= 4 is 11.9 Å². The second-order valence-electron chi connectivity index (χ2n) is 10.5. The predicted molar refractivity (Wildman–Crippen MR) is 115 cm³/mol. The normalized spacial score (nSPS) is 34.7. The first-order valence-corrected chi connectivity index (χ1v) is 12.2. The van der Waals surface area contributed by atoms with E-state index in [4.69, 9.17) is 10.7 Å². The Labute approximate surface area is 171 Å². The summed E-state index contributed by atoms with van der Waals surface area (Å²) in [5.74, 6) is 3.97. The van der Waals surface area contributed by atoms with E-state index in [9.17, 15) is 4.79 Å². The van der Waals surface area contributed by atoms with Crippen LogP contribution in [0, 0.1) is 23.7 Å². The van der Waals surface area contributed by atoms with Crippen molar-refractivity contribution in [3.8, 4) is 0 Å². The maximum absolute atomic E-state index is 13.2. The Morgan fingerprint density at radius 2 is 1.54 bits per heavy atom. The van der Waals surface area contributed by atoms with Crippen LogP contribution in [0.15, 0.2) is 4.99 Å². The fraction of sp³-hybridized carbons (Fsp3) is 0.917. The van der Waals surface area contributed by atoms with Gasteiger partial charge in [0.25, 0.3) is 5.91 Å². The topological polar surface area (TPSA) is 58.7 Å². The number of nitrogens with two attached hydrogens (primary N) is 1. The molecule has 0 aromatic heterocycles. The molecule has 3 atom stereocenters. The summed E-state index contributed by atoms with van der Waals surface area (Å²) < 4.78 is 0. The van der Waals surface area contributed by atoms with Crippen LogP contribution in [0.5, 0.6) is 0 Å². The molecule has 0 aromatic rings. The fourth-order valence-corrected chi connectivity index (χ4v) is 6.28. The molecule has 3 aliphatic carbocycles. The van der Waals surface area contributed by atoms with E-state index < -0.39 is 5.54 Å². The molecule has 0 aromatic carbocycles. The Bertz CT molecular complexity index is 578. The molecule has 2 N–H and O–H groups in total. The summed E-state index contributed by atoms with van der Waals surface area (Å²) in [6.45, 7) is 0. The molecule has 4 rings (SSSR count). The molecule has 0 spiro atoms. The smallest absolute Gasteiger partial charge is 0.257 e. The summed E-state index contributed by atoms with van der Waals surface area (Å²) in [7, 11) is 1.81. The molecule has 4 aliphatic rings. The third-order valence-electron chi connectivity index (χ3n) is 8.26. The van der Waals surface area contributed by atoms with Gasteiger partial charge in [0.15, 0.2) is 5.96 Å². The van der Waals surface area contributed by atoms with E-state index in [-0.39, 0.29) is 5.91 Å². The number of hydrogen-bond donors (Lipinski definition) is 1. The Kier molecular flexibility index (Phi) is 6.32. The first-order chi connectivity index (χ1) is 13.6. The van der Waals surface area contributed by atoms with Gasteiger partial charge in [0, 0.05) is 7.05 Å². The first-order valence-electron chi connectivity index (χ1n) is 12.2. The fourth-order valence-electron chi connectivity index (χ4n) is 6.28. The van der Waals surface area contributed by atoms with Crippen molar-refractivity contribution < 1.29 is 4.79 Å². The van der Waals surface area contributed by atoms with Crippen molar-refractivity contribution in [2.24, 2.45) is 34.4 Å². The number of rotatable bonds is 8. The molecule has 4 heteroatoms. The van der Waals surface area contributed by atoms with Crippen LogP contribution in [0.1, 0.15) is 103 Å². The number of hydrogen-bond acceptors (Lipinski definition) is 3. The van der Waals surface area contributed by atoms with Gasteiger partial charge in [-0.1, -0.05) is 77.0 Å². The number of guanidine groups is 1. The van der Waals surface area contributed by atoms with E-state index >= 15 is 0 Å². The highest BCUT2D eigenvalue weighted by molar-refractivity contribution is 6.06. The van der Waals surface area contributed by atoms with Crippen molar-refractivity contribution in [3.05, 3.63) is 0 Å². The van der Waals surface area contributed by atoms with Gasteiger partial charge in [0.1, 0.15) is 5.54 Å². The van der Waals surface area contributed by atoms with Crippen molar-refractivity contribution in [2.45, 2.75) is 108 Å². The van der Waals surface area contributed by atoms with Crippen molar-refractivity contribution in [1.82, 2.24) is 4.90 Å². The molecule has 3 fully saturated rings. The summed E-state index contributed by atoms with van der Waals surface area (Å²) in [5, 5.41) is 0. The second-order valence-corrected chi connectivity index (χ2v) is 10.5. The zero-order chi connectivity index (χ0) is 19.6. The van der Waals surface area contributed by atoms with E-state index in [2.05, 4.69) is 0 Å². The standard InChI is InChI=1S/C24H41N3O/c1-27-22(28)24(26-23(27)25,15-14-18-6-3-2-4-7-18)17-21-9-5-8-20(16-21)13-12-19-10-11-19/h18-21H,2-17H2,1H3,(H2,25,26)/t20-,21+,24+/m0/s1. The number of carbonyl (C=O) groups excluding carboxylic acids is 1. The molecule has 1 amide bonds. The van der Waals surface area contributed by atoms with Gasteiger partial charge >= 0.3 is 0 Å². The quantitative estimate of drug-likeness (QED) is 0.617. The summed E-state index contributed by atoms with van der Waals surface area (Å²) in [6, 6.07) is 0. The molecule has 0 saturated heterocycles. The summed E-state index contributed by atoms with van der Waals surface area (Å²) >= 11 is 0. The predicted octanol–water partition coefficient (Wildman–Crippen LogP) is 5.26. The van der Waals surface area contributed by atoms with E-state index in [0.29, 0.717) is 11.9 Å². The first kappa shape index (κ1) is 20.2. The van der Waals surface area contributed by atoms with E-state index in [1.165, 1.54) is 83.5 Å². The average Bonchev–Trinajstić information content (AvgIpc) is 3.52. The van der Waals surface area contributed by atoms with Crippen LogP contribution in [-0.2, 0) is 4.79 Å². The molecule has 0 bridgehead atoms. The lowest BCUT2D eigenvalue weighted by atomic mass is 9.72. The van der Waals surface area contributed by atoms with Crippen LogP contribution < -0.4 is 5.73 Å². The Morgan fingerprint density at radius 1 is 0.893 bits per heavy atom. The second kappa shape index (κ2) is 8.75. The molecule has 1 aliphatic heterocycles.